The SMILES string of the molecule is CCCCCCCC(C)Oc1ccc(C=C2SC(=S)N(c3ccc(C(=O)O)c(O)c3)C2=O)cc1OC. The van der Waals surface area contributed by atoms with Crippen molar-refractivity contribution in [3.63, 3.8) is 0 Å². The second kappa shape index (κ2) is 12.8. The molecular weight excluding hydrogens is 498 g/mol. The normalized spacial score (nSPS) is 15.4. The number of anilines is 1. The van der Waals surface area contributed by atoms with Gasteiger partial charge in [0.1, 0.15) is 11.3 Å². The molecule has 1 heterocycles. The first-order valence-electron chi connectivity index (χ1n) is 11.9. The van der Waals surface area contributed by atoms with Crippen LogP contribution < -0.4 is 14.4 Å². The lowest BCUT2D eigenvalue weighted by molar-refractivity contribution is -0.113. The summed E-state index contributed by atoms with van der Waals surface area (Å²) in [6, 6.07) is 9.40. The van der Waals surface area contributed by atoms with Crippen molar-refractivity contribution in [2.75, 3.05) is 12.0 Å². The molecule has 192 valence electrons. The van der Waals surface area contributed by atoms with Gasteiger partial charge in [0.05, 0.1) is 23.8 Å². The lowest BCUT2D eigenvalue weighted by Crippen LogP contribution is -2.27. The van der Waals surface area contributed by atoms with Gasteiger partial charge in [0.2, 0.25) is 0 Å². The molecule has 7 nitrogen and oxygen atoms in total. The van der Waals surface area contributed by atoms with Crippen LogP contribution >= 0.6 is 24.0 Å². The van der Waals surface area contributed by atoms with Crippen LogP contribution in [-0.4, -0.2) is 39.6 Å². The number of methoxy groups -OCH3 is 1. The number of aromatic carboxylic acids is 1. The van der Waals surface area contributed by atoms with Gasteiger partial charge in [-0.2, -0.15) is 0 Å². The number of carboxylic acid groups (broad SMARTS) is 1. The molecule has 1 saturated heterocycles. The Hall–Kier alpha value is -3.04. The Bertz CT molecular complexity index is 1160. The number of hydrogen-bond donors (Lipinski definition) is 2. The standard InChI is InChI=1S/C27H31NO6S2/c1-4-5-6-7-8-9-17(2)34-22-13-10-18(14-23(22)33-3)15-24-25(30)28(27(35)36-24)19-11-12-20(26(31)32)21(29)16-19/h10-17,29H,4-9H2,1-3H3,(H,31,32). The van der Waals surface area contributed by atoms with Crippen LogP contribution in [0.25, 0.3) is 6.08 Å². The summed E-state index contributed by atoms with van der Waals surface area (Å²) in [5, 5.41) is 19.1. The molecule has 2 N–H and O–H groups in total. The fourth-order valence-corrected chi connectivity index (χ4v) is 5.16. The van der Waals surface area contributed by atoms with Gasteiger partial charge >= 0.3 is 5.97 Å². The first-order valence-corrected chi connectivity index (χ1v) is 13.2. The van der Waals surface area contributed by atoms with Crippen LogP contribution in [0.5, 0.6) is 17.2 Å². The Morgan fingerprint density at radius 3 is 2.56 bits per heavy atom. The van der Waals surface area contributed by atoms with E-state index in [0.717, 1.165) is 30.2 Å². The van der Waals surface area contributed by atoms with Crippen molar-refractivity contribution in [2.45, 2.75) is 58.5 Å². The highest BCUT2D eigenvalue weighted by Crippen LogP contribution is 2.38. The first-order chi connectivity index (χ1) is 17.2. The van der Waals surface area contributed by atoms with Crippen LogP contribution in [0.4, 0.5) is 5.69 Å². The maximum absolute atomic E-state index is 13.1. The van der Waals surface area contributed by atoms with Gasteiger partial charge in [0.15, 0.2) is 15.8 Å². The monoisotopic (exact) mass is 529 g/mol. The van der Waals surface area contributed by atoms with E-state index in [9.17, 15) is 14.7 Å². The third-order valence-corrected chi connectivity index (χ3v) is 7.09. The molecular formula is C27H31NO6S2. The number of rotatable bonds is 12. The fraction of sp³-hybridized carbons (Fsp3) is 0.370. The van der Waals surface area contributed by atoms with Crippen LogP contribution in [0.3, 0.4) is 0 Å². The minimum Gasteiger partial charge on any atom is -0.507 e. The van der Waals surface area contributed by atoms with E-state index < -0.39 is 11.7 Å². The number of ether oxygens (including phenoxy) is 2. The third kappa shape index (κ3) is 6.79. The van der Waals surface area contributed by atoms with Crippen molar-refractivity contribution in [2.24, 2.45) is 0 Å². The van der Waals surface area contributed by atoms with E-state index in [4.69, 9.17) is 26.8 Å². The van der Waals surface area contributed by atoms with Gasteiger partial charge in [-0.15, -0.1) is 0 Å². The highest BCUT2D eigenvalue weighted by molar-refractivity contribution is 8.27. The number of carboxylic acids is 1. The lowest BCUT2D eigenvalue weighted by Gasteiger charge is -2.17. The molecule has 1 fully saturated rings. The van der Waals surface area contributed by atoms with Crippen LogP contribution in [0.2, 0.25) is 0 Å². The van der Waals surface area contributed by atoms with Gasteiger partial charge < -0.3 is 19.7 Å². The number of unbranched alkanes of at least 4 members (excludes halogenated alkanes) is 4. The zero-order valence-corrected chi connectivity index (χ0v) is 22.3. The Morgan fingerprint density at radius 1 is 1.14 bits per heavy atom. The van der Waals surface area contributed by atoms with Crippen molar-refractivity contribution in [1.82, 2.24) is 0 Å². The van der Waals surface area contributed by atoms with Crippen molar-refractivity contribution in [3.8, 4) is 17.2 Å². The minimum absolute atomic E-state index is 0.0616. The van der Waals surface area contributed by atoms with Crippen LogP contribution in [0.1, 0.15) is 68.3 Å². The van der Waals surface area contributed by atoms with Crippen LogP contribution in [0.15, 0.2) is 41.3 Å². The molecule has 36 heavy (non-hydrogen) atoms. The van der Waals surface area contributed by atoms with Gasteiger partial charge in [0, 0.05) is 6.07 Å². The highest BCUT2D eigenvalue weighted by atomic mass is 32.2. The summed E-state index contributed by atoms with van der Waals surface area (Å²) in [7, 11) is 1.58. The summed E-state index contributed by atoms with van der Waals surface area (Å²) in [5.74, 6) is -0.826. The number of benzene rings is 2. The van der Waals surface area contributed by atoms with E-state index in [1.165, 1.54) is 48.8 Å². The molecule has 0 aromatic heterocycles. The summed E-state index contributed by atoms with van der Waals surface area (Å²) >= 11 is 6.51. The summed E-state index contributed by atoms with van der Waals surface area (Å²) in [4.78, 5) is 25.9. The summed E-state index contributed by atoms with van der Waals surface area (Å²) in [6.07, 6.45) is 8.83. The Balaban J connectivity index is 1.72. The number of nitrogens with zero attached hydrogens (tertiary/aromatic N) is 1. The molecule has 2 aromatic carbocycles. The van der Waals surface area contributed by atoms with E-state index in [0.29, 0.717) is 22.1 Å². The molecule has 1 aliphatic rings. The zero-order valence-electron chi connectivity index (χ0n) is 20.7. The summed E-state index contributed by atoms with van der Waals surface area (Å²) in [6.45, 7) is 4.26. The minimum atomic E-state index is -1.26. The van der Waals surface area contributed by atoms with Gasteiger partial charge in [-0.25, -0.2) is 4.79 Å². The molecule has 2 aromatic rings. The highest BCUT2D eigenvalue weighted by Gasteiger charge is 2.34. The van der Waals surface area contributed by atoms with Crippen molar-refractivity contribution in [3.05, 3.63) is 52.4 Å². The van der Waals surface area contributed by atoms with E-state index in [2.05, 4.69) is 13.8 Å². The van der Waals surface area contributed by atoms with E-state index >= 15 is 0 Å². The number of hydrogen-bond acceptors (Lipinski definition) is 7. The predicted octanol–water partition coefficient (Wildman–Crippen LogP) is 6.63. The number of thioether (sulfide) groups is 1. The molecule has 1 amide bonds. The first kappa shape index (κ1) is 27.5. The zero-order chi connectivity index (χ0) is 26.2. The second-order valence-corrected chi connectivity index (χ2v) is 10.2. The average Bonchev–Trinajstić information content (AvgIpc) is 3.11. The van der Waals surface area contributed by atoms with Gasteiger partial charge in [-0.1, -0.05) is 62.7 Å². The van der Waals surface area contributed by atoms with Crippen molar-refractivity contribution >= 4 is 51.9 Å². The van der Waals surface area contributed by atoms with E-state index in [1.54, 1.807) is 13.2 Å². The summed E-state index contributed by atoms with van der Waals surface area (Å²) < 4.78 is 11.9. The molecule has 0 aliphatic carbocycles. The quantitative estimate of drug-likeness (QED) is 0.180. The molecule has 0 saturated carbocycles. The van der Waals surface area contributed by atoms with Gasteiger partial charge in [-0.3, -0.25) is 9.69 Å². The Morgan fingerprint density at radius 2 is 1.89 bits per heavy atom. The van der Waals surface area contributed by atoms with Crippen molar-refractivity contribution in [1.29, 1.82) is 0 Å². The number of carbonyl (C=O) groups excluding carboxylic acids is 1. The van der Waals surface area contributed by atoms with Crippen LogP contribution in [0, 0.1) is 0 Å². The molecule has 0 bridgehead atoms. The fourth-order valence-electron chi connectivity index (χ4n) is 3.86. The van der Waals surface area contributed by atoms with E-state index in [-0.39, 0.29) is 21.9 Å². The topological polar surface area (TPSA) is 96.3 Å². The average molecular weight is 530 g/mol. The molecule has 1 atom stereocenters. The Kier molecular flexibility index (Phi) is 9.78. The van der Waals surface area contributed by atoms with Gasteiger partial charge in [0.25, 0.3) is 5.91 Å². The maximum atomic E-state index is 13.1. The van der Waals surface area contributed by atoms with Crippen molar-refractivity contribution < 1.29 is 29.3 Å². The second-order valence-electron chi connectivity index (χ2n) is 8.57. The van der Waals surface area contributed by atoms with Gasteiger partial charge in [-0.05, 0) is 55.7 Å². The molecule has 0 radical (unpaired) electrons. The molecule has 9 heteroatoms. The molecule has 3 rings (SSSR count). The molecule has 1 aliphatic heterocycles. The Labute approximate surface area is 221 Å². The smallest absolute Gasteiger partial charge is 0.339 e. The lowest BCUT2D eigenvalue weighted by atomic mass is 10.1. The molecule has 0 spiro atoms. The number of thiocarbonyl (C=S) groups is 1. The summed E-state index contributed by atoms with van der Waals surface area (Å²) in [5.41, 5.74) is 0.796. The number of phenols is 1. The molecule has 1 unspecified atom stereocenters. The van der Waals surface area contributed by atoms with Crippen LogP contribution in [-0.2, 0) is 4.79 Å². The van der Waals surface area contributed by atoms with E-state index in [1.807, 2.05) is 18.2 Å². The maximum Gasteiger partial charge on any atom is 0.339 e. The third-order valence-electron chi connectivity index (χ3n) is 5.79. The predicted molar refractivity (Wildman–Crippen MR) is 147 cm³/mol. The number of aromatic hydroxyl groups is 1. The number of amides is 1. The largest absolute Gasteiger partial charge is 0.507 e. The number of carbonyl (C=O) groups is 2.